The van der Waals surface area contributed by atoms with Crippen LogP contribution in [0.2, 0.25) is 0 Å². The minimum Gasteiger partial charge on any atom is -0.299 e. The van der Waals surface area contributed by atoms with Gasteiger partial charge in [0.25, 0.3) is 0 Å². The first-order chi connectivity index (χ1) is 11.7. The zero-order valence-corrected chi connectivity index (χ0v) is 15.4. The van der Waals surface area contributed by atoms with Crippen molar-refractivity contribution in [2.24, 2.45) is 0 Å². The predicted molar refractivity (Wildman–Crippen MR) is 106 cm³/mol. The van der Waals surface area contributed by atoms with Gasteiger partial charge in [0, 0.05) is 5.54 Å². The summed E-state index contributed by atoms with van der Waals surface area (Å²) in [4.78, 5) is 2.41. The van der Waals surface area contributed by atoms with E-state index in [0.717, 1.165) is 6.42 Å². The third-order valence-electron chi connectivity index (χ3n) is 4.93. The molecule has 1 atom stereocenters. The van der Waals surface area contributed by atoms with E-state index in [1.54, 1.807) is 0 Å². The molecule has 128 valence electrons. The van der Waals surface area contributed by atoms with Crippen LogP contribution < -0.4 is 0 Å². The topological polar surface area (TPSA) is 3.24 Å². The molecular weight excluding hydrogens is 290 g/mol. The minimum atomic E-state index is 0.0711. The van der Waals surface area contributed by atoms with E-state index in [2.05, 4.69) is 98.7 Å². The molecule has 0 bridgehead atoms. The molecule has 2 aromatic rings. The van der Waals surface area contributed by atoms with Crippen LogP contribution in [0.15, 0.2) is 66.7 Å². The monoisotopic (exact) mass is 321 g/mol. The van der Waals surface area contributed by atoms with Crippen molar-refractivity contribution < 1.29 is 0 Å². The number of hydrogen-bond donors (Lipinski definition) is 0. The molecule has 1 nitrogen and oxygen atoms in total. The summed E-state index contributed by atoms with van der Waals surface area (Å²) in [6.07, 6.45) is 10.6. The molecule has 0 radical (unpaired) electrons. The summed E-state index contributed by atoms with van der Waals surface area (Å²) in [7, 11) is 4.44. The highest BCUT2D eigenvalue weighted by Crippen LogP contribution is 2.36. The highest BCUT2D eigenvalue weighted by Gasteiger charge is 2.32. The van der Waals surface area contributed by atoms with Gasteiger partial charge in [0.05, 0.1) is 0 Å². The molecule has 0 aliphatic carbocycles. The molecule has 1 heteroatoms. The Balaban J connectivity index is 2.25. The first-order valence-corrected chi connectivity index (χ1v) is 9.13. The molecule has 0 N–H and O–H groups in total. The van der Waals surface area contributed by atoms with E-state index in [-0.39, 0.29) is 5.54 Å². The number of rotatable bonds is 9. The zero-order valence-electron chi connectivity index (χ0n) is 15.4. The lowest BCUT2D eigenvalue weighted by atomic mass is 9.80. The third-order valence-corrected chi connectivity index (χ3v) is 4.93. The van der Waals surface area contributed by atoms with Crippen molar-refractivity contribution in [3.8, 4) is 0 Å². The Hall–Kier alpha value is -1.86. The summed E-state index contributed by atoms with van der Waals surface area (Å²) in [6, 6.07) is 21.6. The van der Waals surface area contributed by atoms with Crippen molar-refractivity contribution in [3.05, 3.63) is 77.9 Å². The summed E-state index contributed by atoms with van der Waals surface area (Å²) in [5.74, 6) is 0. The second-order valence-electron chi connectivity index (χ2n) is 6.77. The molecule has 0 spiro atoms. The van der Waals surface area contributed by atoms with Crippen LogP contribution >= 0.6 is 0 Å². The van der Waals surface area contributed by atoms with Crippen LogP contribution in [0.5, 0.6) is 0 Å². The Morgan fingerprint density at radius 1 is 0.875 bits per heavy atom. The van der Waals surface area contributed by atoms with Gasteiger partial charge in [-0.1, -0.05) is 99.0 Å². The largest absolute Gasteiger partial charge is 0.299 e. The van der Waals surface area contributed by atoms with Gasteiger partial charge in [-0.15, -0.1) is 0 Å². The van der Waals surface area contributed by atoms with Crippen LogP contribution in [0.25, 0.3) is 6.08 Å². The Morgan fingerprint density at radius 2 is 1.50 bits per heavy atom. The quantitative estimate of drug-likeness (QED) is 0.502. The summed E-state index contributed by atoms with van der Waals surface area (Å²) in [5.41, 5.74) is 2.76. The molecule has 0 aliphatic rings. The van der Waals surface area contributed by atoms with Crippen molar-refractivity contribution >= 4 is 6.08 Å². The fourth-order valence-electron chi connectivity index (χ4n) is 3.40. The molecule has 0 aliphatic heterocycles. The maximum Gasteiger partial charge on any atom is 0.0489 e. The van der Waals surface area contributed by atoms with Crippen molar-refractivity contribution in [2.45, 2.75) is 44.6 Å². The first-order valence-electron chi connectivity index (χ1n) is 9.13. The first kappa shape index (κ1) is 18.5. The lowest BCUT2D eigenvalue weighted by Gasteiger charge is -2.40. The normalized spacial score (nSPS) is 14.2. The molecular formula is C23H31N. The van der Waals surface area contributed by atoms with Gasteiger partial charge in [0.1, 0.15) is 0 Å². The van der Waals surface area contributed by atoms with Crippen molar-refractivity contribution in [2.75, 3.05) is 14.1 Å². The van der Waals surface area contributed by atoms with Gasteiger partial charge in [-0.2, -0.15) is 0 Å². The second-order valence-corrected chi connectivity index (χ2v) is 6.77. The summed E-state index contributed by atoms with van der Waals surface area (Å²) in [6.45, 7) is 2.27. The second kappa shape index (κ2) is 9.44. The van der Waals surface area contributed by atoms with Crippen LogP contribution in [-0.4, -0.2) is 19.0 Å². The van der Waals surface area contributed by atoms with Crippen LogP contribution in [0.3, 0.4) is 0 Å². The number of benzene rings is 2. The van der Waals surface area contributed by atoms with Gasteiger partial charge in [0.2, 0.25) is 0 Å². The van der Waals surface area contributed by atoms with E-state index in [1.807, 2.05) is 0 Å². The SMILES string of the molecule is CCCCCC(C/C=C/c1ccccc1)(c1ccccc1)N(C)C. The zero-order chi connectivity index (χ0) is 17.3. The van der Waals surface area contributed by atoms with Gasteiger partial charge in [-0.05, 0) is 38.1 Å². The molecule has 0 amide bonds. The average Bonchev–Trinajstić information content (AvgIpc) is 2.62. The Bertz CT molecular complexity index is 600. The van der Waals surface area contributed by atoms with E-state index >= 15 is 0 Å². The minimum absolute atomic E-state index is 0.0711. The Kier molecular flexibility index (Phi) is 7.27. The van der Waals surface area contributed by atoms with Gasteiger partial charge < -0.3 is 0 Å². The molecule has 0 saturated carbocycles. The van der Waals surface area contributed by atoms with Crippen LogP contribution in [0.4, 0.5) is 0 Å². The number of nitrogens with zero attached hydrogens (tertiary/aromatic N) is 1. The average molecular weight is 322 g/mol. The van der Waals surface area contributed by atoms with E-state index < -0.39 is 0 Å². The molecule has 0 heterocycles. The fourth-order valence-corrected chi connectivity index (χ4v) is 3.40. The molecule has 0 fully saturated rings. The molecule has 0 aromatic heterocycles. The summed E-state index contributed by atoms with van der Waals surface area (Å²) >= 11 is 0. The van der Waals surface area contributed by atoms with Gasteiger partial charge in [-0.3, -0.25) is 4.90 Å². The molecule has 2 aromatic carbocycles. The molecule has 1 unspecified atom stereocenters. The molecule has 0 saturated heterocycles. The van der Waals surface area contributed by atoms with Crippen LogP contribution in [-0.2, 0) is 5.54 Å². The van der Waals surface area contributed by atoms with E-state index in [4.69, 9.17) is 0 Å². The van der Waals surface area contributed by atoms with E-state index in [1.165, 1.54) is 36.8 Å². The molecule has 24 heavy (non-hydrogen) atoms. The van der Waals surface area contributed by atoms with Gasteiger partial charge in [0.15, 0.2) is 0 Å². The van der Waals surface area contributed by atoms with E-state index in [0.29, 0.717) is 0 Å². The van der Waals surface area contributed by atoms with Crippen molar-refractivity contribution in [3.63, 3.8) is 0 Å². The standard InChI is InChI=1S/C23H31N/c1-4-5-12-19-23(24(2)3,22-17-10-7-11-18-22)20-13-16-21-14-8-6-9-15-21/h6-11,13-18H,4-5,12,19-20H2,1-3H3/b16-13+. The fraction of sp³-hybridized carbons (Fsp3) is 0.391. The maximum absolute atomic E-state index is 2.41. The summed E-state index contributed by atoms with van der Waals surface area (Å²) < 4.78 is 0. The smallest absolute Gasteiger partial charge is 0.0489 e. The lowest BCUT2D eigenvalue weighted by Crippen LogP contribution is -2.41. The van der Waals surface area contributed by atoms with Crippen molar-refractivity contribution in [1.29, 1.82) is 0 Å². The van der Waals surface area contributed by atoms with E-state index in [9.17, 15) is 0 Å². The number of hydrogen-bond acceptors (Lipinski definition) is 1. The van der Waals surface area contributed by atoms with Crippen LogP contribution in [0.1, 0.15) is 50.2 Å². The molecule has 2 rings (SSSR count). The van der Waals surface area contributed by atoms with Gasteiger partial charge >= 0.3 is 0 Å². The Morgan fingerprint density at radius 3 is 2.08 bits per heavy atom. The van der Waals surface area contributed by atoms with Gasteiger partial charge in [-0.25, -0.2) is 0 Å². The Labute approximate surface area is 148 Å². The van der Waals surface area contributed by atoms with Crippen LogP contribution in [0, 0.1) is 0 Å². The lowest BCUT2D eigenvalue weighted by molar-refractivity contribution is 0.137. The highest BCUT2D eigenvalue weighted by molar-refractivity contribution is 5.49. The summed E-state index contributed by atoms with van der Waals surface area (Å²) in [5, 5.41) is 0. The predicted octanol–water partition coefficient (Wildman–Crippen LogP) is 6.13. The van der Waals surface area contributed by atoms with Crippen molar-refractivity contribution in [1.82, 2.24) is 4.90 Å². The highest BCUT2D eigenvalue weighted by atomic mass is 15.1. The third kappa shape index (κ3) is 4.82. The number of unbranched alkanes of at least 4 members (excludes halogenated alkanes) is 2. The maximum atomic E-state index is 2.41.